The predicted molar refractivity (Wildman–Crippen MR) is 68.5 cm³/mol. The molecule has 0 spiro atoms. The van der Waals surface area contributed by atoms with Crippen molar-refractivity contribution in [1.82, 2.24) is 15.3 Å². The number of halogens is 2. The molecule has 100 valence electrons. The number of aromatic nitrogens is 2. The second-order valence-corrected chi connectivity index (χ2v) is 4.22. The van der Waals surface area contributed by atoms with Crippen molar-refractivity contribution in [3.8, 4) is 0 Å². The maximum Gasteiger partial charge on any atom is 0.126 e. The van der Waals surface area contributed by atoms with Crippen LogP contribution in [-0.4, -0.2) is 16.5 Å². The van der Waals surface area contributed by atoms with Gasteiger partial charge in [0, 0.05) is 24.0 Å². The zero-order valence-electron chi connectivity index (χ0n) is 10.6. The van der Waals surface area contributed by atoms with Crippen LogP contribution in [0.3, 0.4) is 0 Å². The van der Waals surface area contributed by atoms with E-state index in [0.717, 1.165) is 24.2 Å². The van der Waals surface area contributed by atoms with E-state index in [9.17, 15) is 8.78 Å². The van der Waals surface area contributed by atoms with Gasteiger partial charge in [-0.1, -0.05) is 6.92 Å². The van der Waals surface area contributed by atoms with Gasteiger partial charge in [0.2, 0.25) is 0 Å². The summed E-state index contributed by atoms with van der Waals surface area (Å²) in [7, 11) is 0. The molecule has 1 unspecified atom stereocenters. The van der Waals surface area contributed by atoms with Crippen molar-refractivity contribution in [3.05, 3.63) is 59.7 Å². The zero-order chi connectivity index (χ0) is 13.7. The van der Waals surface area contributed by atoms with Crippen molar-refractivity contribution in [2.75, 3.05) is 6.54 Å². The van der Waals surface area contributed by atoms with Crippen LogP contribution in [0.5, 0.6) is 0 Å². The van der Waals surface area contributed by atoms with Gasteiger partial charge in [0.25, 0.3) is 0 Å². The molecule has 1 N–H and O–H groups in total. The lowest BCUT2D eigenvalue weighted by Crippen LogP contribution is -2.23. The van der Waals surface area contributed by atoms with Crippen LogP contribution in [0, 0.1) is 11.6 Å². The molecule has 0 bridgehead atoms. The zero-order valence-corrected chi connectivity index (χ0v) is 10.6. The Balaban J connectivity index is 2.24. The summed E-state index contributed by atoms with van der Waals surface area (Å²) in [6.45, 7) is 2.68. The summed E-state index contributed by atoms with van der Waals surface area (Å²) < 4.78 is 26.8. The highest BCUT2D eigenvalue weighted by atomic mass is 19.1. The van der Waals surface area contributed by atoms with Gasteiger partial charge in [-0.3, -0.25) is 0 Å². The molecule has 2 rings (SSSR count). The quantitative estimate of drug-likeness (QED) is 0.901. The third kappa shape index (κ3) is 3.54. The van der Waals surface area contributed by atoms with Crippen molar-refractivity contribution < 1.29 is 8.78 Å². The van der Waals surface area contributed by atoms with Crippen LogP contribution >= 0.6 is 0 Å². The van der Waals surface area contributed by atoms with E-state index in [1.54, 1.807) is 12.4 Å². The number of nitrogens with zero attached hydrogens (tertiary/aromatic N) is 2. The molecule has 2 aromatic rings. The minimum absolute atomic E-state index is 0.137. The molecule has 19 heavy (non-hydrogen) atoms. The molecular weight excluding hydrogens is 248 g/mol. The van der Waals surface area contributed by atoms with Crippen LogP contribution in [0.1, 0.15) is 24.1 Å². The maximum absolute atomic E-state index is 13.7. The van der Waals surface area contributed by atoms with Crippen molar-refractivity contribution in [2.24, 2.45) is 0 Å². The Hall–Kier alpha value is -1.88. The number of rotatable bonds is 5. The lowest BCUT2D eigenvalue weighted by molar-refractivity contribution is 0.519. The number of likely N-dealkylation sites (N-methyl/N-ethyl adjacent to an activating group) is 1. The maximum atomic E-state index is 13.7. The Morgan fingerprint density at radius 1 is 1.21 bits per heavy atom. The van der Waals surface area contributed by atoms with Crippen molar-refractivity contribution in [1.29, 1.82) is 0 Å². The summed E-state index contributed by atoms with van der Waals surface area (Å²) in [5.74, 6) is -0.836. The molecule has 3 nitrogen and oxygen atoms in total. The summed E-state index contributed by atoms with van der Waals surface area (Å²) in [6, 6.07) is 3.35. The van der Waals surface area contributed by atoms with E-state index >= 15 is 0 Å². The largest absolute Gasteiger partial charge is 0.310 e. The van der Waals surface area contributed by atoms with Gasteiger partial charge in [0.05, 0.1) is 0 Å². The van der Waals surface area contributed by atoms with E-state index in [4.69, 9.17) is 0 Å². The van der Waals surface area contributed by atoms with Gasteiger partial charge in [-0.15, -0.1) is 0 Å². The van der Waals surface area contributed by atoms with E-state index in [1.807, 2.05) is 6.92 Å². The van der Waals surface area contributed by atoms with Gasteiger partial charge in [0.1, 0.15) is 18.0 Å². The number of hydrogen-bond acceptors (Lipinski definition) is 3. The van der Waals surface area contributed by atoms with Crippen LogP contribution in [0.15, 0.2) is 36.9 Å². The van der Waals surface area contributed by atoms with E-state index in [2.05, 4.69) is 15.3 Å². The van der Waals surface area contributed by atoms with E-state index in [1.165, 1.54) is 12.4 Å². The van der Waals surface area contributed by atoms with Gasteiger partial charge in [0.15, 0.2) is 0 Å². The average Bonchev–Trinajstić information content (AvgIpc) is 2.43. The molecule has 5 heteroatoms. The third-order valence-electron chi connectivity index (χ3n) is 2.87. The van der Waals surface area contributed by atoms with Crippen LogP contribution in [0.25, 0.3) is 0 Å². The minimum atomic E-state index is -0.434. The molecule has 0 fully saturated rings. The van der Waals surface area contributed by atoms with Crippen LogP contribution in [0.2, 0.25) is 0 Å². The second kappa shape index (κ2) is 6.33. The summed E-state index contributed by atoms with van der Waals surface area (Å²) in [4.78, 5) is 7.90. The minimum Gasteiger partial charge on any atom is -0.310 e. The molecule has 1 heterocycles. The first-order valence-corrected chi connectivity index (χ1v) is 6.13. The van der Waals surface area contributed by atoms with Gasteiger partial charge >= 0.3 is 0 Å². The normalized spacial score (nSPS) is 12.4. The van der Waals surface area contributed by atoms with Crippen LogP contribution in [0.4, 0.5) is 8.78 Å². The van der Waals surface area contributed by atoms with Crippen molar-refractivity contribution >= 4 is 0 Å². The highest BCUT2D eigenvalue weighted by Gasteiger charge is 2.14. The highest BCUT2D eigenvalue weighted by Crippen LogP contribution is 2.19. The Labute approximate surface area is 110 Å². The van der Waals surface area contributed by atoms with E-state index < -0.39 is 11.6 Å². The monoisotopic (exact) mass is 263 g/mol. The van der Waals surface area contributed by atoms with Gasteiger partial charge in [-0.05, 0) is 36.7 Å². The van der Waals surface area contributed by atoms with Gasteiger partial charge < -0.3 is 5.32 Å². The first kappa shape index (κ1) is 13.5. The first-order valence-electron chi connectivity index (χ1n) is 6.13. The lowest BCUT2D eigenvalue weighted by atomic mass is 10.0. The van der Waals surface area contributed by atoms with Gasteiger partial charge in [-0.25, -0.2) is 18.7 Å². The third-order valence-corrected chi connectivity index (χ3v) is 2.87. The fourth-order valence-electron chi connectivity index (χ4n) is 1.96. The SMILES string of the molecule is CCNC(Cc1cc(F)ccc1F)c1cncnc1. The molecule has 0 saturated heterocycles. The Morgan fingerprint density at radius 3 is 2.63 bits per heavy atom. The fourth-order valence-corrected chi connectivity index (χ4v) is 1.96. The first-order chi connectivity index (χ1) is 9.20. The molecule has 0 saturated carbocycles. The molecule has 0 radical (unpaired) electrons. The van der Waals surface area contributed by atoms with E-state index in [-0.39, 0.29) is 6.04 Å². The summed E-state index contributed by atoms with van der Waals surface area (Å²) in [5, 5.41) is 3.22. The molecular formula is C14H15F2N3. The average molecular weight is 263 g/mol. The topological polar surface area (TPSA) is 37.8 Å². The van der Waals surface area contributed by atoms with Gasteiger partial charge in [-0.2, -0.15) is 0 Å². The summed E-state index contributed by atoms with van der Waals surface area (Å²) in [6.07, 6.45) is 5.15. The number of hydrogen-bond donors (Lipinski definition) is 1. The standard InChI is InChI=1S/C14H15F2N3/c1-2-19-14(11-7-17-9-18-8-11)6-10-5-12(15)3-4-13(10)16/h3-5,7-9,14,19H,2,6H2,1H3. The fraction of sp³-hybridized carbons (Fsp3) is 0.286. The predicted octanol–water partition coefficient (Wildman–Crippen LogP) is 2.65. The number of benzene rings is 1. The summed E-state index contributed by atoms with van der Waals surface area (Å²) in [5.41, 5.74) is 1.20. The number of nitrogens with one attached hydrogen (secondary N) is 1. The molecule has 1 aromatic heterocycles. The summed E-state index contributed by atoms with van der Waals surface area (Å²) >= 11 is 0. The Morgan fingerprint density at radius 2 is 1.95 bits per heavy atom. The van der Waals surface area contributed by atoms with Crippen molar-refractivity contribution in [3.63, 3.8) is 0 Å². The van der Waals surface area contributed by atoms with Crippen LogP contribution in [-0.2, 0) is 6.42 Å². The smallest absolute Gasteiger partial charge is 0.126 e. The molecule has 0 aliphatic heterocycles. The van der Waals surface area contributed by atoms with E-state index in [0.29, 0.717) is 12.0 Å². The molecule has 1 aromatic carbocycles. The molecule has 1 atom stereocenters. The molecule has 0 amide bonds. The molecule has 0 aliphatic carbocycles. The lowest BCUT2D eigenvalue weighted by Gasteiger charge is -2.18. The van der Waals surface area contributed by atoms with Crippen LogP contribution < -0.4 is 5.32 Å². The second-order valence-electron chi connectivity index (χ2n) is 4.22. The Kier molecular flexibility index (Phi) is 4.52. The van der Waals surface area contributed by atoms with Crippen molar-refractivity contribution in [2.45, 2.75) is 19.4 Å². The molecule has 0 aliphatic rings. The Bertz CT molecular complexity index is 531. The highest BCUT2D eigenvalue weighted by molar-refractivity contribution is 5.22.